The fraction of sp³-hybridized carbons (Fsp3) is 0.350. The van der Waals surface area contributed by atoms with Gasteiger partial charge in [-0.25, -0.2) is 8.42 Å². The summed E-state index contributed by atoms with van der Waals surface area (Å²) >= 11 is 0. The molecule has 0 amide bonds. The van der Waals surface area contributed by atoms with Crippen LogP contribution in [0.2, 0.25) is 0 Å². The zero-order chi connectivity index (χ0) is 19.4. The highest BCUT2D eigenvalue weighted by molar-refractivity contribution is 7.88. The number of benzene rings is 2. The van der Waals surface area contributed by atoms with Gasteiger partial charge < -0.3 is 10.5 Å². The fourth-order valence-corrected chi connectivity index (χ4v) is 4.78. The van der Waals surface area contributed by atoms with Gasteiger partial charge in [0.15, 0.2) is 0 Å². The van der Waals surface area contributed by atoms with E-state index in [0.29, 0.717) is 19.5 Å². The van der Waals surface area contributed by atoms with E-state index in [-0.39, 0.29) is 18.1 Å². The van der Waals surface area contributed by atoms with Crippen LogP contribution in [0.15, 0.2) is 48.5 Å². The predicted molar refractivity (Wildman–Crippen MR) is 103 cm³/mol. The van der Waals surface area contributed by atoms with Crippen LogP contribution in [-0.4, -0.2) is 32.3 Å². The smallest absolute Gasteiger partial charge is 0.307 e. The summed E-state index contributed by atoms with van der Waals surface area (Å²) in [6, 6.07) is 14.5. The van der Waals surface area contributed by atoms with Crippen molar-refractivity contribution in [3.8, 4) is 0 Å². The first-order chi connectivity index (χ1) is 12.9. The molecule has 0 saturated carbocycles. The maximum Gasteiger partial charge on any atom is 0.307 e. The molecule has 1 heterocycles. The summed E-state index contributed by atoms with van der Waals surface area (Å²) in [4.78, 5) is 11.5. The van der Waals surface area contributed by atoms with Crippen LogP contribution in [0.25, 0.3) is 0 Å². The van der Waals surface area contributed by atoms with E-state index >= 15 is 0 Å². The number of hydrogen-bond acceptors (Lipinski definition) is 5. The van der Waals surface area contributed by atoms with Crippen LogP contribution >= 0.6 is 0 Å². The summed E-state index contributed by atoms with van der Waals surface area (Å²) in [6.07, 6.45) is 0.751. The molecule has 0 aromatic heterocycles. The molecule has 2 aromatic carbocycles. The van der Waals surface area contributed by atoms with Crippen LogP contribution in [0.1, 0.15) is 34.7 Å². The van der Waals surface area contributed by atoms with Gasteiger partial charge in [0.2, 0.25) is 10.0 Å². The largest absolute Gasteiger partial charge is 0.469 e. The summed E-state index contributed by atoms with van der Waals surface area (Å²) in [5.74, 6) is -0.377. The summed E-state index contributed by atoms with van der Waals surface area (Å²) in [5.41, 5.74) is 9.74. The Morgan fingerprint density at radius 2 is 1.93 bits per heavy atom. The van der Waals surface area contributed by atoms with E-state index in [4.69, 9.17) is 5.73 Å². The molecule has 0 bridgehead atoms. The van der Waals surface area contributed by atoms with E-state index in [0.717, 1.165) is 22.3 Å². The quantitative estimate of drug-likeness (QED) is 0.766. The number of carbonyl (C=O) groups excluding carboxylic acids is 1. The third-order valence-corrected chi connectivity index (χ3v) is 6.63. The molecular weight excluding hydrogens is 364 g/mol. The number of nitrogens with two attached hydrogens (primary N) is 1. The predicted octanol–water partition coefficient (Wildman–Crippen LogP) is 2.14. The lowest BCUT2D eigenvalue weighted by Gasteiger charge is -2.29. The van der Waals surface area contributed by atoms with Crippen molar-refractivity contribution in [1.29, 1.82) is 0 Å². The van der Waals surface area contributed by atoms with Gasteiger partial charge in [-0.15, -0.1) is 0 Å². The zero-order valence-corrected chi connectivity index (χ0v) is 16.1. The molecular formula is C20H24N2O4S. The fourth-order valence-electron chi connectivity index (χ4n) is 3.28. The van der Waals surface area contributed by atoms with Gasteiger partial charge in [-0.2, -0.15) is 4.31 Å². The minimum atomic E-state index is -3.41. The molecule has 2 aromatic rings. The van der Waals surface area contributed by atoms with Crippen molar-refractivity contribution in [2.45, 2.75) is 31.2 Å². The van der Waals surface area contributed by atoms with Crippen LogP contribution in [0.4, 0.5) is 0 Å². The second-order valence-electron chi connectivity index (χ2n) is 6.74. The molecule has 0 spiro atoms. The van der Waals surface area contributed by atoms with Crippen LogP contribution in [-0.2, 0) is 38.3 Å². The Kier molecular flexibility index (Phi) is 5.94. The number of fused-ring (bicyclic) bond motifs is 1. The van der Waals surface area contributed by atoms with Gasteiger partial charge in [-0.1, -0.05) is 48.5 Å². The van der Waals surface area contributed by atoms with Crippen LogP contribution < -0.4 is 5.73 Å². The molecule has 1 aliphatic heterocycles. The molecule has 2 N–H and O–H groups in total. The van der Waals surface area contributed by atoms with Gasteiger partial charge in [0, 0.05) is 19.1 Å². The van der Waals surface area contributed by atoms with Crippen molar-refractivity contribution < 1.29 is 17.9 Å². The van der Waals surface area contributed by atoms with Gasteiger partial charge in [-0.3, -0.25) is 4.79 Å². The lowest BCUT2D eigenvalue weighted by Crippen LogP contribution is -2.36. The summed E-state index contributed by atoms with van der Waals surface area (Å²) < 4.78 is 31.8. The second-order valence-corrected chi connectivity index (χ2v) is 8.71. The molecule has 0 aliphatic carbocycles. The number of ether oxygens (including phenoxy) is 1. The van der Waals surface area contributed by atoms with Crippen molar-refractivity contribution >= 4 is 16.0 Å². The second kappa shape index (κ2) is 8.21. The summed E-state index contributed by atoms with van der Waals surface area (Å²) in [6.45, 7) is 0.791. The number of carbonyl (C=O) groups is 1. The molecule has 1 atom stereocenters. The number of esters is 1. The molecule has 0 radical (unpaired) electrons. The molecule has 27 heavy (non-hydrogen) atoms. The van der Waals surface area contributed by atoms with Gasteiger partial charge >= 0.3 is 5.97 Å². The van der Waals surface area contributed by atoms with E-state index < -0.39 is 16.1 Å². The van der Waals surface area contributed by atoms with Crippen molar-refractivity contribution in [2.75, 3.05) is 13.7 Å². The van der Waals surface area contributed by atoms with Gasteiger partial charge in [0.1, 0.15) is 0 Å². The van der Waals surface area contributed by atoms with Gasteiger partial charge in [0.05, 0.1) is 19.3 Å². The topological polar surface area (TPSA) is 89.7 Å². The first-order valence-corrected chi connectivity index (χ1v) is 10.5. The lowest BCUT2D eigenvalue weighted by molar-refractivity contribution is -0.141. The minimum absolute atomic E-state index is 0.00921. The van der Waals surface area contributed by atoms with Crippen LogP contribution in [0.5, 0.6) is 0 Å². The monoisotopic (exact) mass is 388 g/mol. The van der Waals surface area contributed by atoms with E-state index in [1.165, 1.54) is 11.4 Å². The lowest BCUT2D eigenvalue weighted by atomic mass is 9.95. The SMILES string of the molecule is COC(=O)CC(N)c1ccc2c(c1)CN(S(=O)(=O)Cc1ccccc1)CC2. The Bertz CT molecular complexity index is 913. The molecule has 6 nitrogen and oxygen atoms in total. The Balaban J connectivity index is 1.76. The normalized spacial score (nSPS) is 15.8. The van der Waals surface area contributed by atoms with Crippen molar-refractivity contribution in [3.05, 3.63) is 70.8 Å². The van der Waals surface area contributed by atoms with E-state index in [1.54, 1.807) is 0 Å². The highest BCUT2D eigenvalue weighted by Crippen LogP contribution is 2.26. The van der Waals surface area contributed by atoms with Gasteiger partial charge in [-0.05, 0) is 28.7 Å². The van der Waals surface area contributed by atoms with E-state index in [1.807, 2.05) is 48.5 Å². The number of nitrogens with zero attached hydrogens (tertiary/aromatic N) is 1. The van der Waals surface area contributed by atoms with Crippen LogP contribution in [0, 0.1) is 0 Å². The standard InChI is InChI=1S/C20H24N2O4S/c1-26-20(23)12-19(21)17-8-7-16-9-10-22(13-18(16)11-17)27(24,25)14-15-5-3-2-4-6-15/h2-8,11,19H,9-10,12-14,21H2,1H3. The number of rotatable bonds is 6. The van der Waals surface area contributed by atoms with Crippen molar-refractivity contribution in [1.82, 2.24) is 4.31 Å². The maximum atomic E-state index is 12.8. The highest BCUT2D eigenvalue weighted by atomic mass is 32.2. The molecule has 1 unspecified atom stereocenters. The van der Waals surface area contributed by atoms with Crippen LogP contribution in [0.3, 0.4) is 0 Å². The minimum Gasteiger partial charge on any atom is -0.469 e. The third-order valence-electron chi connectivity index (χ3n) is 4.84. The Hall–Kier alpha value is -2.22. The Morgan fingerprint density at radius 3 is 2.63 bits per heavy atom. The number of hydrogen-bond donors (Lipinski definition) is 1. The highest BCUT2D eigenvalue weighted by Gasteiger charge is 2.27. The van der Waals surface area contributed by atoms with Crippen molar-refractivity contribution in [3.63, 3.8) is 0 Å². The molecule has 144 valence electrons. The average molecular weight is 388 g/mol. The molecule has 1 aliphatic rings. The van der Waals surface area contributed by atoms with Gasteiger partial charge in [0.25, 0.3) is 0 Å². The Morgan fingerprint density at radius 1 is 1.19 bits per heavy atom. The van der Waals surface area contributed by atoms with E-state index in [2.05, 4.69) is 4.74 Å². The molecule has 0 saturated heterocycles. The molecule has 0 fully saturated rings. The summed E-state index contributed by atoms with van der Waals surface area (Å²) in [5, 5.41) is 0. The van der Waals surface area contributed by atoms with Crippen molar-refractivity contribution in [2.24, 2.45) is 5.73 Å². The average Bonchev–Trinajstić information content (AvgIpc) is 2.67. The maximum absolute atomic E-state index is 12.8. The number of sulfonamides is 1. The Labute approximate surface area is 160 Å². The number of methoxy groups -OCH3 is 1. The third kappa shape index (κ3) is 4.74. The summed E-state index contributed by atoms with van der Waals surface area (Å²) in [7, 11) is -2.08. The molecule has 3 rings (SSSR count). The molecule has 7 heteroatoms. The zero-order valence-electron chi connectivity index (χ0n) is 15.3. The van der Waals surface area contributed by atoms with E-state index in [9.17, 15) is 13.2 Å². The first-order valence-electron chi connectivity index (χ1n) is 8.85. The first kappa shape index (κ1) is 19.5.